The fraction of sp³-hybridized carbons (Fsp3) is 0.814. The third kappa shape index (κ3) is 60.6. The lowest BCUT2D eigenvalue weighted by Crippen LogP contribution is -2.59. The maximum Gasteiger partial charge on any atom is 0.335 e. The molecule has 2 heterocycles. The number of rotatable bonds is 89. The van der Waals surface area contributed by atoms with Gasteiger partial charge in [-0.3, -0.25) is 38.5 Å². The summed E-state index contributed by atoms with van der Waals surface area (Å²) in [6.07, 6.45) is -6.60. The van der Waals surface area contributed by atoms with E-state index >= 15 is 0 Å². The molecule has 1 aromatic carbocycles. The van der Waals surface area contributed by atoms with E-state index in [9.17, 15) is 58.8 Å². The summed E-state index contributed by atoms with van der Waals surface area (Å²) in [5.41, 5.74) is 0.396. The second kappa shape index (κ2) is 78.2. The van der Waals surface area contributed by atoms with Crippen molar-refractivity contribution in [3.05, 3.63) is 41.5 Å². The smallest absolute Gasteiger partial charge is 0.335 e. The van der Waals surface area contributed by atoms with Crippen LogP contribution in [0.15, 0.2) is 30.4 Å². The van der Waals surface area contributed by atoms with Gasteiger partial charge in [0.05, 0.1) is 322 Å². The number of hydrogen-bond acceptors (Lipinski definition) is 37. The molecule has 746 valence electrons. The molecule has 2 aliphatic heterocycles. The number of benzene rings is 1. The van der Waals surface area contributed by atoms with E-state index in [4.69, 9.17) is 123 Å². The van der Waals surface area contributed by atoms with E-state index in [1.54, 1.807) is 53.9 Å². The number of aryl methyl sites for hydroxylation is 1. The molecule has 2 aliphatic rings. The highest BCUT2D eigenvalue weighted by molar-refractivity contribution is 6.14. The Bertz CT molecular complexity index is 3060. The lowest BCUT2D eigenvalue weighted by molar-refractivity contribution is -0.228. The van der Waals surface area contributed by atoms with Crippen molar-refractivity contribution in [2.24, 2.45) is 11.3 Å². The van der Waals surface area contributed by atoms with Gasteiger partial charge in [0.2, 0.25) is 23.6 Å². The summed E-state index contributed by atoms with van der Waals surface area (Å²) < 4.78 is 143. The lowest BCUT2D eigenvalue weighted by Gasteiger charge is -2.39. The highest BCUT2D eigenvalue weighted by Gasteiger charge is 2.47. The molecule has 7 atom stereocenters. The maximum absolute atomic E-state index is 13.7. The average molecular weight is 1860 g/mol. The number of anilines is 1. The maximum atomic E-state index is 13.7. The minimum Gasteiger partial charge on any atom is -0.479 e. The summed E-state index contributed by atoms with van der Waals surface area (Å²) in [7, 11) is 1.64. The molecule has 3 rings (SSSR count). The van der Waals surface area contributed by atoms with Gasteiger partial charge in [-0.2, -0.15) is 0 Å². The molecule has 0 saturated carbocycles. The molecular formula is C86H149N5O38. The van der Waals surface area contributed by atoms with Gasteiger partial charge >= 0.3 is 11.9 Å². The summed E-state index contributed by atoms with van der Waals surface area (Å²) >= 11 is 0. The number of nitrogens with one attached hydrogen (secondary N) is 3. The molecule has 129 heavy (non-hydrogen) atoms. The Morgan fingerprint density at radius 2 is 0.752 bits per heavy atom. The van der Waals surface area contributed by atoms with Crippen LogP contribution in [0, 0.1) is 11.3 Å². The van der Waals surface area contributed by atoms with E-state index in [0.717, 1.165) is 17.1 Å². The molecular weight excluding hydrogens is 1710 g/mol. The predicted octanol–water partition coefficient (Wildman–Crippen LogP) is -0.601. The van der Waals surface area contributed by atoms with Gasteiger partial charge in [0, 0.05) is 44.5 Å². The van der Waals surface area contributed by atoms with Gasteiger partial charge in [0.15, 0.2) is 6.10 Å². The number of aliphatic hydroxyl groups excluding tert-OH is 3. The summed E-state index contributed by atoms with van der Waals surface area (Å²) in [6.45, 7) is 29.0. The minimum atomic E-state index is -1.88. The molecule has 43 heteroatoms. The molecule has 0 aliphatic carbocycles. The first-order valence-electron chi connectivity index (χ1n) is 44.3. The lowest BCUT2D eigenvalue weighted by atomic mass is 9.91. The van der Waals surface area contributed by atoms with Gasteiger partial charge in [0.25, 0.3) is 11.8 Å². The van der Waals surface area contributed by atoms with E-state index < -0.39 is 108 Å². The summed E-state index contributed by atoms with van der Waals surface area (Å²) in [5, 5.41) is 48.8. The van der Waals surface area contributed by atoms with Crippen LogP contribution in [0.1, 0.15) is 65.5 Å². The van der Waals surface area contributed by atoms with Gasteiger partial charge < -0.3 is 164 Å². The van der Waals surface area contributed by atoms with E-state index in [0.29, 0.717) is 295 Å². The van der Waals surface area contributed by atoms with E-state index in [-0.39, 0.29) is 71.1 Å². The van der Waals surface area contributed by atoms with Crippen molar-refractivity contribution in [2.45, 2.75) is 110 Å². The molecule has 0 aromatic heterocycles. The normalized spacial score (nSPS) is 16.3. The van der Waals surface area contributed by atoms with E-state index in [2.05, 4.69) is 16.0 Å². The number of hydrogen-bond donors (Lipinski definition) is 7. The van der Waals surface area contributed by atoms with Gasteiger partial charge in [-0.25, -0.2) is 4.79 Å². The quantitative estimate of drug-likeness (QED) is 0.0243. The fourth-order valence-electron chi connectivity index (χ4n) is 11.2. The number of aliphatic hydroxyl groups is 3. The molecule has 1 aromatic rings. The zero-order chi connectivity index (χ0) is 93.8. The number of amides is 6. The van der Waals surface area contributed by atoms with Crippen LogP contribution < -0.4 is 16.0 Å². The number of carboxylic acid groups (broad SMARTS) is 1. The average Bonchev–Trinajstić information content (AvgIpc) is 1.28. The first-order valence-corrected chi connectivity index (χ1v) is 44.3. The molecule has 1 fully saturated rings. The highest BCUT2D eigenvalue weighted by Crippen LogP contribution is 2.28. The molecule has 0 radical (unpaired) electrons. The molecule has 43 nitrogen and oxygen atoms in total. The number of carboxylic acids is 1. The Hall–Kier alpha value is -6.20. The largest absolute Gasteiger partial charge is 0.479 e. The van der Waals surface area contributed by atoms with Crippen molar-refractivity contribution >= 4 is 53.1 Å². The van der Waals surface area contributed by atoms with Gasteiger partial charge in [0.1, 0.15) is 43.5 Å². The van der Waals surface area contributed by atoms with E-state index in [1.165, 1.54) is 17.9 Å². The molecule has 0 bridgehead atoms. The minimum absolute atomic E-state index is 0.00297. The van der Waals surface area contributed by atoms with Crippen molar-refractivity contribution in [3.8, 4) is 0 Å². The van der Waals surface area contributed by atoms with Crippen LogP contribution in [0.4, 0.5) is 5.69 Å². The van der Waals surface area contributed by atoms with Gasteiger partial charge in [-0.1, -0.05) is 19.9 Å². The predicted molar refractivity (Wildman–Crippen MR) is 459 cm³/mol. The number of imide groups is 1. The Morgan fingerprint density at radius 3 is 1.06 bits per heavy atom. The monoisotopic (exact) mass is 1860 g/mol. The van der Waals surface area contributed by atoms with Crippen LogP contribution in [0.3, 0.4) is 0 Å². The second-order valence-electron chi connectivity index (χ2n) is 30.1. The topological polar surface area (TPSA) is 500 Å². The van der Waals surface area contributed by atoms with Crippen LogP contribution in [-0.2, 0) is 175 Å². The summed E-state index contributed by atoms with van der Waals surface area (Å²) in [5.74, 6) is -6.49. The first kappa shape index (κ1) is 117. The SMILES string of the molecule is COCCOCCOCCOCCOCCOCCOCCOCCOCCOCCOCCOCCOCCOCCOCCOCCOCCOCCOCCOCCOCCOCCOCCOCCN(CCC(=O)N[C@H](C(=O)N[C@@H](C)C(=O)Nc1ccc(COC(=O)C(C)(C)C)c(CC[C@@H]2O[C@H](C(=O)O)[C@@H](O)[C@H](O)[C@H]2O)c1)C(C)C)C(=O)CN1C(=O)C=CC1=O. The van der Waals surface area contributed by atoms with E-state index in [1.807, 2.05) is 0 Å². The standard InChI is InChI=1S/C86H149N5O38/c1-67(2)77(83(100)87-68(3)82(99)88-71-10-8-70(66-128-85(103)86(4,5)6)69(64-71)9-11-72-78(96)79(97)80(98)81(129-72)84(101)102)89-73(92)14-15-90(76(95)65-91-74(93)12-13-75(91)94)16-17-105-20-21-107-24-25-109-28-29-111-32-33-113-36-37-115-40-41-117-44-45-119-48-49-121-52-53-123-56-57-125-60-61-127-63-62-126-59-58-124-55-54-122-51-50-120-47-46-118-43-42-116-39-38-114-35-34-112-31-30-110-27-26-108-23-22-106-19-18-104-7/h8,10,12-13,64,67-68,72,77-81,96-98H,9,11,14-63,65-66H2,1-7H3,(H,87,100)(H,88,99)(H,89,92)(H,101,102)/t68-,72-,77-,78-,79+,80-,81-/m0/s1. The number of nitrogens with zero attached hydrogens (tertiary/aromatic N) is 2. The fourth-order valence-corrected chi connectivity index (χ4v) is 11.2. The number of carbonyl (C=O) groups is 8. The van der Waals surface area contributed by atoms with Crippen LogP contribution in [0.5, 0.6) is 0 Å². The zero-order valence-electron chi connectivity index (χ0n) is 76.8. The second-order valence-corrected chi connectivity index (χ2v) is 30.1. The van der Waals surface area contributed by atoms with Crippen LogP contribution in [0.2, 0.25) is 0 Å². The third-order valence-electron chi connectivity index (χ3n) is 18.4. The molecule has 7 N–H and O–H groups in total. The number of carbonyl (C=O) groups excluding carboxylic acids is 7. The number of methoxy groups -OCH3 is 1. The Kier molecular flexibility index (Phi) is 70.9. The number of esters is 1. The number of ether oxygens (including phenoxy) is 26. The number of aliphatic carboxylic acids is 1. The van der Waals surface area contributed by atoms with Crippen molar-refractivity contribution in [1.82, 2.24) is 20.4 Å². The Balaban J connectivity index is 1.06. The molecule has 6 amide bonds. The van der Waals surface area contributed by atoms with Crippen molar-refractivity contribution in [3.63, 3.8) is 0 Å². The molecule has 1 saturated heterocycles. The summed E-state index contributed by atoms with van der Waals surface area (Å²) in [6, 6.07) is 2.37. The van der Waals surface area contributed by atoms with Crippen LogP contribution >= 0.6 is 0 Å². The molecule has 0 unspecified atom stereocenters. The van der Waals surface area contributed by atoms with Crippen molar-refractivity contribution in [2.75, 3.05) is 343 Å². The van der Waals surface area contributed by atoms with Gasteiger partial charge in [-0.05, 0) is 69.7 Å². The van der Waals surface area contributed by atoms with Crippen molar-refractivity contribution in [1.29, 1.82) is 0 Å². The van der Waals surface area contributed by atoms with Gasteiger partial charge in [-0.15, -0.1) is 0 Å². The highest BCUT2D eigenvalue weighted by atomic mass is 16.6. The Morgan fingerprint density at radius 1 is 0.426 bits per heavy atom. The Labute approximate surface area is 758 Å². The first-order chi connectivity index (χ1) is 62.5. The third-order valence-corrected chi connectivity index (χ3v) is 18.4. The van der Waals surface area contributed by atoms with Crippen LogP contribution in [0.25, 0.3) is 0 Å². The molecule has 0 spiro atoms. The summed E-state index contributed by atoms with van der Waals surface area (Å²) in [4.78, 5) is 106. The zero-order valence-corrected chi connectivity index (χ0v) is 76.8. The van der Waals surface area contributed by atoms with Crippen LogP contribution in [-0.4, -0.2) is 457 Å². The van der Waals surface area contributed by atoms with Crippen molar-refractivity contribution < 1.29 is 182 Å².